The van der Waals surface area contributed by atoms with Crippen LogP contribution in [0.1, 0.15) is 11.1 Å². The van der Waals surface area contributed by atoms with Crippen LogP contribution in [0.15, 0.2) is 120 Å². The van der Waals surface area contributed by atoms with Gasteiger partial charge >= 0.3 is 0 Å². The minimum atomic E-state index is 0.581. The van der Waals surface area contributed by atoms with Gasteiger partial charge in [0.2, 0.25) is 0 Å². The quantitative estimate of drug-likeness (QED) is 0.215. The van der Waals surface area contributed by atoms with Gasteiger partial charge in [-0.3, -0.25) is 4.98 Å². The number of fused-ring (bicyclic) bond motifs is 10. The first-order chi connectivity index (χ1) is 21.2. The first kappa shape index (κ1) is 23.3. The van der Waals surface area contributed by atoms with E-state index in [-0.39, 0.29) is 0 Å². The van der Waals surface area contributed by atoms with Crippen molar-refractivity contribution in [2.24, 2.45) is 0 Å². The van der Waals surface area contributed by atoms with Gasteiger partial charge in [-0.15, -0.1) is 0 Å². The van der Waals surface area contributed by atoms with E-state index in [4.69, 9.17) is 9.40 Å². The molecule has 6 heteroatoms. The second-order valence-electron chi connectivity index (χ2n) is 10.7. The summed E-state index contributed by atoms with van der Waals surface area (Å²) < 4.78 is 10.7. The molecule has 0 bridgehead atoms. The van der Waals surface area contributed by atoms with Gasteiger partial charge < -0.3 is 13.6 Å². The highest BCUT2D eigenvalue weighted by Crippen LogP contribution is 2.41. The predicted octanol–water partition coefficient (Wildman–Crippen LogP) is 8.92. The molecule has 6 nitrogen and oxygen atoms in total. The van der Waals surface area contributed by atoms with Gasteiger partial charge in [-0.1, -0.05) is 24.3 Å². The SMILES string of the molecule is N#Cc1ccc2c(c1)c1cc(C#N)ccc1n2-c1cccc(-n2c3ccccc3c3ccc4oc5cccnc5c4c32)c1. The molecule has 0 aliphatic heterocycles. The Balaban J connectivity index is 1.39. The normalized spacial score (nSPS) is 11.7. The topological polar surface area (TPSA) is 83.5 Å². The molecule has 0 saturated carbocycles. The van der Waals surface area contributed by atoms with Crippen molar-refractivity contribution in [1.82, 2.24) is 14.1 Å². The number of hydrogen-bond donors (Lipinski definition) is 0. The van der Waals surface area contributed by atoms with Gasteiger partial charge in [0.15, 0.2) is 5.58 Å². The molecule has 0 saturated heterocycles. The van der Waals surface area contributed by atoms with Crippen LogP contribution in [0.5, 0.6) is 0 Å². The van der Waals surface area contributed by atoms with Crippen LogP contribution in [-0.2, 0) is 0 Å². The molecule has 0 aliphatic carbocycles. The summed E-state index contributed by atoms with van der Waals surface area (Å²) in [4.78, 5) is 4.72. The van der Waals surface area contributed by atoms with E-state index < -0.39 is 0 Å². The minimum absolute atomic E-state index is 0.581. The Kier molecular flexibility index (Phi) is 4.65. The molecule has 198 valence electrons. The lowest BCUT2D eigenvalue weighted by Crippen LogP contribution is -1.99. The van der Waals surface area contributed by atoms with Gasteiger partial charge in [-0.05, 0) is 84.9 Å². The number of nitriles is 2. The van der Waals surface area contributed by atoms with Crippen LogP contribution in [0.4, 0.5) is 0 Å². The van der Waals surface area contributed by atoms with Crippen LogP contribution in [0, 0.1) is 22.7 Å². The molecule has 9 rings (SSSR count). The van der Waals surface area contributed by atoms with Crippen molar-refractivity contribution in [3.8, 4) is 23.5 Å². The molecule has 0 atom stereocenters. The number of nitrogens with zero attached hydrogens (tertiary/aromatic N) is 5. The summed E-state index contributed by atoms with van der Waals surface area (Å²) in [5.41, 5.74) is 9.60. The van der Waals surface area contributed by atoms with E-state index in [1.165, 1.54) is 0 Å². The van der Waals surface area contributed by atoms with E-state index in [1.54, 1.807) is 6.20 Å². The largest absolute Gasteiger partial charge is 0.454 e. The maximum absolute atomic E-state index is 9.61. The van der Waals surface area contributed by atoms with Gasteiger partial charge in [0, 0.05) is 39.1 Å². The van der Waals surface area contributed by atoms with Crippen molar-refractivity contribution in [3.63, 3.8) is 0 Å². The van der Waals surface area contributed by atoms with E-state index in [0.29, 0.717) is 11.1 Å². The summed E-state index contributed by atoms with van der Waals surface area (Å²) in [5, 5.41) is 24.4. The Bertz CT molecular complexity index is 2640. The van der Waals surface area contributed by atoms with Crippen molar-refractivity contribution in [3.05, 3.63) is 127 Å². The highest BCUT2D eigenvalue weighted by molar-refractivity contribution is 6.23. The fraction of sp³-hybridized carbons (Fsp3) is 0. The van der Waals surface area contributed by atoms with Crippen molar-refractivity contribution in [2.45, 2.75) is 0 Å². The zero-order chi connectivity index (χ0) is 28.7. The molecule has 4 heterocycles. The molecular weight excluding hydrogens is 530 g/mol. The zero-order valence-electron chi connectivity index (χ0n) is 22.6. The van der Waals surface area contributed by atoms with E-state index in [9.17, 15) is 10.5 Å². The second-order valence-corrected chi connectivity index (χ2v) is 10.7. The lowest BCUT2D eigenvalue weighted by atomic mass is 10.1. The average molecular weight is 550 g/mol. The maximum atomic E-state index is 9.61. The molecule has 0 radical (unpaired) electrons. The average Bonchev–Trinajstić information content (AvgIpc) is 3.71. The van der Waals surface area contributed by atoms with Crippen LogP contribution in [-0.4, -0.2) is 14.1 Å². The third-order valence-corrected chi connectivity index (χ3v) is 8.40. The fourth-order valence-electron chi connectivity index (χ4n) is 6.61. The number of para-hydroxylation sites is 1. The smallest absolute Gasteiger partial charge is 0.153 e. The number of aromatic nitrogens is 3. The van der Waals surface area contributed by atoms with Crippen molar-refractivity contribution in [2.75, 3.05) is 0 Å². The molecule has 0 fully saturated rings. The molecule has 9 aromatic rings. The number of pyridine rings is 1. The summed E-state index contributed by atoms with van der Waals surface area (Å²) >= 11 is 0. The summed E-state index contributed by atoms with van der Waals surface area (Å²) in [5.74, 6) is 0. The van der Waals surface area contributed by atoms with Gasteiger partial charge in [0.25, 0.3) is 0 Å². The van der Waals surface area contributed by atoms with Crippen LogP contribution in [0.2, 0.25) is 0 Å². The van der Waals surface area contributed by atoms with Crippen LogP contribution in [0.3, 0.4) is 0 Å². The molecule has 0 amide bonds. The van der Waals surface area contributed by atoms with E-state index >= 15 is 0 Å². The third-order valence-electron chi connectivity index (χ3n) is 8.40. The molecule has 0 N–H and O–H groups in total. The summed E-state index contributed by atoms with van der Waals surface area (Å²) in [7, 11) is 0. The Morgan fingerprint density at radius 2 is 1.26 bits per heavy atom. The zero-order valence-corrected chi connectivity index (χ0v) is 22.6. The first-order valence-corrected chi connectivity index (χ1v) is 13.9. The van der Waals surface area contributed by atoms with Crippen molar-refractivity contribution >= 4 is 65.7 Å². The molecule has 0 spiro atoms. The number of rotatable bonds is 2. The lowest BCUT2D eigenvalue weighted by molar-refractivity contribution is 0.668. The summed E-state index contributed by atoms with van der Waals surface area (Å²) in [6, 6.07) is 40.9. The Morgan fingerprint density at radius 3 is 2.00 bits per heavy atom. The van der Waals surface area contributed by atoms with Crippen molar-refractivity contribution < 1.29 is 4.42 Å². The van der Waals surface area contributed by atoms with E-state index in [2.05, 4.69) is 75.9 Å². The van der Waals surface area contributed by atoms with Gasteiger partial charge in [-0.25, -0.2) is 0 Å². The summed E-state index contributed by atoms with van der Waals surface area (Å²) in [6.07, 6.45) is 1.81. The first-order valence-electron chi connectivity index (χ1n) is 13.9. The van der Waals surface area contributed by atoms with Gasteiger partial charge in [-0.2, -0.15) is 10.5 Å². The van der Waals surface area contributed by atoms with E-state index in [0.717, 1.165) is 77.1 Å². The number of furan rings is 1. The lowest BCUT2D eigenvalue weighted by Gasteiger charge is -2.13. The molecule has 0 unspecified atom stereocenters. The maximum Gasteiger partial charge on any atom is 0.153 e. The van der Waals surface area contributed by atoms with Gasteiger partial charge in [0.05, 0.1) is 50.7 Å². The highest BCUT2D eigenvalue weighted by atomic mass is 16.3. The Labute approximate surface area is 244 Å². The fourth-order valence-corrected chi connectivity index (χ4v) is 6.61. The van der Waals surface area contributed by atoms with Crippen LogP contribution >= 0.6 is 0 Å². The summed E-state index contributed by atoms with van der Waals surface area (Å²) in [6.45, 7) is 0. The number of hydrogen-bond acceptors (Lipinski definition) is 4. The molecule has 43 heavy (non-hydrogen) atoms. The van der Waals surface area contributed by atoms with Gasteiger partial charge in [0.1, 0.15) is 11.1 Å². The number of benzene rings is 5. The van der Waals surface area contributed by atoms with Crippen LogP contribution < -0.4 is 0 Å². The molecule has 4 aromatic heterocycles. The monoisotopic (exact) mass is 549 g/mol. The van der Waals surface area contributed by atoms with Crippen LogP contribution in [0.25, 0.3) is 77.1 Å². The molecular formula is C37H19N5O. The van der Waals surface area contributed by atoms with E-state index in [1.807, 2.05) is 54.6 Å². The minimum Gasteiger partial charge on any atom is -0.454 e. The standard InChI is InChI=1S/C37H19N5O/c38-20-22-10-13-31-28(17-22)29-18-23(21-39)11-14-32(29)41(31)24-5-3-6-25(19-24)42-30-8-2-1-7-26(30)27-12-15-33-35(37(27)42)36-34(43-33)9-4-16-40-36/h1-19H. The van der Waals surface area contributed by atoms with Crippen molar-refractivity contribution in [1.29, 1.82) is 10.5 Å². The molecule has 5 aromatic carbocycles. The highest BCUT2D eigenvalue weighted by Gasteiger charge is 2.20. The third kappa shape index (κ3) is 3.18. The second kappa shape index (κ2) is 8.57. The Morgan fingerprint density at radius 1 is 0.558 bits per heavy atom. The predicted molar refractivity (Wildman–Crippen MR) is 170 cm³/mol. The molecule has 0 aliphatic rings. The Hall–Kier alpha value is -6.37.